The lowest BCUT2D eigenvalue weighted by molar-refractivity contribution is 0.477. The highest BCUT2D eigenvalue weighted by Crippen LogP contribution is 2.27. The van der Waals surface area contributed by atoms with E-state index in [0.717, 1.165) is 12.8 Å². The molecule has 0 amide bonds. The number of hydrogen-bond donors (Lipinski definition) is 1. The molecule has 0 fully saturated rings. The predicted molar refractivity (Wildman–Crippen MR) is 72.2 cm³/mol. The molecule has 0 aliphatic rings. The topological polar surface area (TPSA) is 46.2 Å². The molecule has 0 spiro atoms. The lowest BCUT2D eigenvalue weighted by Crippen LogP contribution is -2.33. The van der Waals surface area contributed by atoms with Crippen molar-refractivity contribution in [2.24, 2.45) is 0 Å². The van der Waals surface area contributed by atoms with Crippen LogP contribution >= 0.6 is 0 Å². The number of sulfone groups is 1. The highest BCUT2D eigenvalue weighted by atomic mass is 32.2. The van der Waals surface area contributed by atoms with Gasteiger partial charge in [0.25, 0.3) is 0 Å². The first-order valence-corrected chi connectivity index (χ1v) is 7.79. The first-order valence-electron chi connectivity index (χ1n) is 5.89. The van der Waals surface area contributed by atoms with E-state index in [-0.39, 0.29) is 5.54 Å². The summed E-state index contributed by atoms with van der Waals surface area (Å²) < 4.78 is 23.4. The van der Waals surface area contributed by atoms with E-state index in [1.165, 1.54) is 6.26 Å². The molecule has 0 aliphatic carbocycles. The molecule has 0 aromatic heterocycles. The van der Waals surface area contributed by atoms with Crippen LogP contribution in [0.2, 0.25) is 0 Å². The minimum absolute atomic E-state index is 0.0687. The molecule has 1 rings (SSSR count). The molecule has 0 bridgehead atoms. The summed E-state index contributed by atoms with van der Waals surface area (Å²) in [7, 11) is -3.18. The minimum atomic E-state index is -3.18. The second kappa shape index (κ2) is 5.08. The van der Waals surface area contributed by atoms with E-state index in [1.807, 2.05) is 12.1 Å². The van der Waals surface area contributed by atoms with Crippen molar-refractivity contribution in [2.45, 2.75) is 44.0 Å². The molecule has 3 nitrogen and oxygen atoms in total. The van der Waals surface area contributed by atoms with Crippen molar-refractivity contribution in [3.63, 3.8) is 0 Å². The highest BCUT2D eigenvalue weighted by Gasteiger charge is 2.22. The summed E-state index contributed by atoms with van der Waals surface area (Å²) in [5.41, 5.74) is 0.627. The smallest absolute Gasteiger partial charge is 0.177 e. The molecule has 17 heavy (non-hydrogen) atoms. The van der Waals surface area contributed by atoms with E-state index in [0.29, 0.717) is 10.6 Å². The van der Waals surface area contributed by atoms with E-state index in [9.17, 15) is 8.42 Å². The number of hydrogen-bond acceptors (Lipinski definition) is 3. The average Bonchev–Trinajstić information content (AvgIpc) is 2.28. The molecule has 0 atom stereocenters. The molecule has 1 N–H and O–H groups in total. The van der Waals surface area contributed by atoms with Crippen LogP contribution in [-0.4, -0.2) is 20.2 Å². The second-order valence-electron chi connectivity index (χ2n) is 4.66. The molecule has 0 unspecified atom stereocenters. The Bertz CT molecular complexity index is 476. The fourth-order valence-corrected chi connectivity index (χ4v) is 2.49. The lowest BCUT2D eigenvalue weighted by Gasteiger charge is -2.30. The first-order chi connectivity index (χ1) is 7.82. The maximum absolute atomic E-state index is 11.7. The van der Waals surface area contributed by atoms with Gasteiger partial charge in [-0.25, -0.2) is 8.42 Å². The Labute approximate surface area is 104 Å². The zero-order valence-corrected chi connectivity index (χ0v) is 11.8. The van der Waals surface area contributed by atoms with Gasteiger partial charge < -0.3 is 5.32 Å². The highest BCUT2D eigenvalue weighted by molar-refractivity contribution is 7.90. The Hall–Kier alpha value is -1.03. The summed E-state index contributed by atoms with van der Waals surface area (Å²) >= 11 is 0. The molecule has 0 saturated carbocycles. The largest absolute Gasteiger partial charge is 0.379 e. The molecule has 0 aliphatic heterocycles. The Balaban J connectivity index is 3.16. The van der Waals surface area contributed by atoms with Gasteiger partial charge in [0.05, 0.1) is 10.6 Å². The van der Waals surface area contributed by atoms with Crippen LogP contribution in [0.5, 0.6) is 0 Å². The SMILES string of the molecule is CCC(C)(CC)Nc1ccccc1S(C)(=O)=O. The van der Waals surface area contributed by atoms with Gasteiger partial charge in [-0.1, -0.05) is 26.0 Å². The first kappa shape index (κ1) is 14.0. The molecule has 1 aromatic carbocycles. The van der Waals surface area contributed by atoms with Crippen LogP contribution in [0.4, 0.5) is 5.69 Å². The van der Waals surface area contributed by atoms with Crippen LogP contribution in [0, 0.1) is 0 Å². The van der Waals surface area contributed by atoms with E-state index in [4.69, 9.17) is 0 Å². The van der Waals surface area contributed by atoms with Gasteiger partial charge in [-0.3, -0.25) is 0 Å². The van der Waals surface area contributed by atoms with Gasteiger partial charge in [-0.2, -0.15) is 0 Å². The maximum atomic E-state index is 11.7. The third-order valence-corrected chi connectivity index (χ3v) is 4.44. The summed E-state index contributed by atoms with van der Waals surface area (Å²) in [4.78, 5) is 0.369. The van der Waals surface area contributed by atoms with Crippen molar-refractivity contribution in [3.05, 3.63) is 24.3 Å². The van der Waals surface area contributed by atoms with Gasteiger partial charge in [-0.15, -0.1) is 0 Å². The zero-order valence-electron chi connectivity index (χ0n) is 10.9. The molecule has 0 heterocycles. The van der Waals surface area contributed by atoms with Crippen molar-refractivity contribution in [2.75, 3.05) is 11.6 Å². The predicted octanol–water partition coefficient (Wildman–Crippen LogP) is 3.08. The number of rotatable bonds is 5. The zero-order chi connectivity index (χ0) is 13.1. The number of para-hydroxylation sites is 1. The normalized spacial score (nSPS) is 12.5. The standard InChI is InChI=1S/C13H21NO2S/c1-5-13(3,6-2)14-11-9-7-8-10-12(11)17(4,15)16/h7-10,14H,5-6H2,1-4H3. The third-order valence-electron chi connectivity index (χ3n) is 3.28. The molecular weight excluding hydrogens is 234 g/mol. The van der Waals surface area contributed by atoms with Crippen LogP contribution < -0.4 is 5.32 Å². The molecule has 0 saturated heterocycles. The Morgan fingerprint density at radius 1 is 1.18 bits per heavy atom. The fourth-order valence-electron chi connectivity index (χ4n) is 1.65. The number of benzene rings is 1. The van der Waals surface area contributed by atoms with Crippen molar-refractivity contribution in [1.29, 1.82) is 0 Å². The van der Waals surface area contributed by atoms with Crippen molar-refractivity contribution in [1.82, 2.24) is 0 Å². The third kappa shape index (κ3) is 3.46. The summed E-state index contributed by atoms with van der Waals surface area (Å²) in [5, 5.41) is 3.35. The van der Waals surface area contributed by atoms with Crippen LogP contribution in [0.25, 0.3) is 0 Å². The lowest BCUT2D eigenvalue weighted by atomic mass is 9.95. The van der Waals surface area contributed by atoms with Gasteiger partial charge in [-0.05, 0) is 31.9 Å². The van der Waals surface area contributed by atoms with Gasteiger partial charge in [0.2, 0.25) is 0 Å². The minimum Gasteiger partial charge on any atom is -0.379 e. The summed E-state index contributed by atoms with van der Waals surface area (Å²) in [5.74, 6) is 0. The average molecular weight is 255 g/mol. The monoisotopic (exact) mass is 255 g/mol. The molecule has 4 heteroatoms. The van der Waals surface area contributed by atoms with Gasteiger partial charge >= 0.3 is 0 Å². The number of anilines is 1. The maximum Gasteiger partial charge on any atom is 0.177 e. The van der Waals surface area contributed by atoms with Gasteiger partial charge in [0.15, 0.2) is 9.84 Å². The van der Waals surface area contributed by atoms with Crippen LogP contribution in [0.1, 0.15) is 33.6 Å². The van der Waals surface area contributed by atoms with E-state index in [2.05, 4.69) is 26.1 Å². The van der Waals surface area contributed by atoms with E-state index >= 15 is 0 Å². The molecule has 0 radical (unpaired) electrons. The van der Waals surface area contributed by atoms with Crippen molar-refractivity contribution < 1.29 is 8.42 Å². The number of nitrogens with one attached hydrogen (secondary N) is 1. The fraction of sp³-hybridized carbons (Fsp3) is 0.538. The van der Waals surface area contributed by atoms with E-state index in [1.54, 1.807) is 12.1 Å². The Morgan fingerprint density at radius 2 is 1.71 bits per heavy atom. The molecular formula is C13H21NO2S. The summed E-state index contributed by atoms with van der Waals surface area (Å²) in [6.07, 6.45) is 3.13. The molecule has 96 valence electrons. The van der Waals surface area contributed by atoms with Crippen LogP contribution in [0.15, 0.2) is 29.2 Å². The van der Waals surface area contributed by atoms with Gasteiger partial charge in [0.1, 0.15) is 0 Å². The summed E-state index contributed by atoms with van der Waals surface area (Å²) in [6, 6.07) is 7.06. The van der Waals surface area contributed by atoms with Crippen molar-refractivity contribution in [3.8, 4) is 0 Å². The quantitative estimate of drug-likeness (QED) is 0.879. The van der Waals surface area contributed by atoms with Crippen LogP contribution in [-0.2, 0) is 9.84 Å². The Kier molecular flexibility index (Phi) is 4.20. The summed E-state index contributed by atoms with van der Waals surface area (Å²) in [6.45, 7) is 6.30. The van der Waals surface area contributed by atoms with E-state index < -0.39 is 9.84 Å². The second-order valence-corrected chi connectivity index (χ2v) is 6.65. The Morgan fingerprint density at radius 3 is 2.18 bits per heavy atom. The van der Waals surface area contributed by atoms with Crippen molar-refractivity contribution >= 4 is 15.5 Å². The van der Waals surface area contributed by atoms with Crippen LogP contribution in [0.3, 0.4) is 0 Å². The molecule has 1 aromatic rings. The van der Waals surface area contributed by atoms with Gasteiger partial charge in [0, 0.05) is 11.8 Å².